The summed E-state index contributed by atoms with van der Waals surface area (Å²) < 4.78 is 0. The average molecular weight is 559 g/mol. The van der Waals surface area contributed by atoms with Gasteiger partial charge in [0, 0.05) is 12.8 Å². The second kappa shape index (κ2) is 17.0. The molecule has 0 aromatic rings. The van der Waals surface area contributed by atoms with Crippen LogP contribution in [0.15, 0.2) is 0 Å². The second-order valence-corrected chi connectivity index (χ2v) is 10.3. The van der Waals surface area contributed by atoms with Crippen molar-refractivity contribution in [2.75, 3.05) is 13.1 Å². The van der Waals surface area contributed by atoms with Gasteiger partial charge in [0.2, 0.25) is 29.5 Å². The van der Waals surface area contributed by atoms with E-state index in [4.69, 9.17) is 5.73 Å². The minimum Gasteiger partial charge on any atom is -0.480 e. The fourth-order valence-corrected chi connectivity index (χ4v) is 3.29. The molecule has 0 aliphatic carbocycles. The lowest BCUT2D eigenvalue weighted by Crippen LogP contribution is -2.69. The fourth-order valence-electron chi connectivity index (χ4n) is 3.29. The summed E-state index contributed by atoms with van der Waals surface area (Å²) in [7, 11) is 0. The maximum Gasteiger partial charge on any atom is 0.326 e. The number of aliphatic carboxylic acids is 1. The number of carboxylic acids is 1. The normalized spacial score (nSPS) is 14.1. The largest absolute Gasteiger partial charge is 0.480 e. The van der Waals surface area contributed by atoms with Crippen LogP contribution in [0.25, 0.3) is 0 Å². The Balaban J connectivity index is 4.85. The third-order valence-electron chi connectivity index (χ3n) is 5.72. The van der Waals surface area contributed by atoms with E-state index in [2.05, 4.69) is 32.3 Å². The maximum atomic E-state index is 12.6. The highest BCUT2D eigenvalue weighted by atomic mass is 16.4. The molecule has 0 aliphatic heterocycles. The first-order valence-electron chi connectivity index (χ1n) is 12.8. The molecule has 0 unspecified atom stereocenters. The van der Waals surface area contributed by atoms with Crippen molar-refractivity contribution in [3.63, 3.8) is 0 Å². The molecule has 0 aliphatic rings. The molecule has 4 atom stereocenters. The van der Waals surface area contributed by atoms with Gasteiger partial charge in [-0.05, 0) is 17.8 Å². The first kappa shape index (κ1) is 35.2. The van der Waals surface area contributed by atoms with Crippen LogP contribution in [-0.4, -0.2) is 83.8 Å². The summed E-state index contributed by atoms with van der Waals surface area (Å²) in [6.45, 7) is 9.02. The molecule has 0 aromatic carbocycles. The molecular weight excluding hydrogens is 514 g/mol. The Morgan fingerprint density at radius 2 is 1.13 bits per heavy atom. The molecule has 0 bridgehead atoms. The predicted molar refractivity (Wildman–Crippen MR) is 139 cm³/mol. The standard InChI is InChI=1S/C24H43N7O8/c1-11(2)18(30-21(35)14(25)7-8-15(26)32)22(36)28-9-16(33)27-10-17(34)29-19(12(3)4)23(37)31-20(13(5)6)24(38)39/h11-14,18-20H,7-10,25H2,1-6H3,(H2,26,32)(H,27,33)(H,28,36)(H,29,34)(H,30,35)(H,31,37)(H,38,39)/p+1/t14-,18-,19-,20-/m0/s1. The van der Waals surface area contributed by atoms with Gasteiger partial charge in [0.15, 0.2) is 6.04 Å². The van der Waals surface area contributed by atoms with Crippen molar-refractivity contribution in [1.82, 2.24) is 26.6 Å². The summed E-state index contributed by atoms with van der Waals surface area (Å²) >= 11 is 0. The van der Waals surface area contributed by atoms with Crippen molar-refractivity contribution < 1.29 is 44.4 Å². The van der Waals surface area contributed by atoms with Crippen LogP contribution in [0.3, 0.4) is 0 Å². The molecule has 0 spiro atoms. The van der Waals surface area contributed by atoms with Crippen LogP contribution in [0, 0.1) is 17.8 Å². The molecule has 222 valence electrons. The van der Waals surface area contributed by atoms with E-state index in [1.165, 1.54) is 0 Å². The average Bonchev–Trinajstić information content (AvgIpc) is 2.83. The molecule has 11 N–H and O–H groups in total. The van der Waals surface area contributed by atoms with E-state index in [0.717, 1.165) is 0 Å². The number of carboxylic acid groups (broad SMARTS) is 1. The molecule has 0 aromatic heterocycles. The Morgan fingerprint density at radius 3 is 1.59 bits per heavy atom. The van der Waals surface area contributed by atoms with Gasteiger partial charge < -0.3 is 43.2 Å². The number of quaternary nitrogens is 1. The minimum atomic E-state index is -1.20. The lowest BCUT2D eigenvalue weighted by molar-refractivity contribution is -0.405. The lowest BCUT2D eigenvalue weighted by Gasteiger charge is -2.25. The quantitative estimate of drug-likeness (QED) is 0.0890. The van der Waals surface area contributed by atoms with Crippen LogP contribution in [0.2, 0.25) is 0 Å². The third-order valence-corrected chi connectivity index (χ3v) is 5.72. The Morgan fingerprint density at radius 1 is 0.667 bits per heavy atom. The van der Waals surface area contributed by atoms with Gasteiger partial charge in [-0.25, -0.2) is 4.79 Å². The number of amides is 6. The van der Waals surface area contributed by atoms with Gasteiger partial charge in [0.25, 0.3) is 5.91 Å². The number of carbonyl (C=O) groups excluding carboxylic acids is 6. The molecule has 0 saturated heterocycles. The number of nitrogens with one attached hydrogen (secondary N) is 5. The first-order chi connectivity index (χ1) is 18.0. The van der Waals surface area contributed by atoms with Crippen LogP contribution in [0.5, 0.6) is 0 Å². The first-order valence-corrected chi connectivity index (χ1v) is 12.8. The third kappa shape index (κ3) is 13.6. The molecule has 0 fully saturated rings. The smallest absolute Gasteiger partial charge is 0.326 e. The molecule has 15 nitrogen and oxygen atoms in total. The number of hydrogen-bond donors (Lipinski definition) is 8. The molecule has 0 rings (SSSR count). The van der Waals surface area contributed by atoms with Crippen molar-refractivity contribution in [2.24, 2.45) is 23.5 Å². The van der Waals surface area contributed by atoms with Crippen molar-refractivity contribution in [2.45, 2.75) is 78.6 Å². The summed E-state index contributed by atoms with van der Waals surface area (Å²) in [6.07, 6.45) is 0.0898. The van der Waals surface area contributed by atoms with Gasteiger partial charge in [-0.1, -0.05) is 41.5 Å². The topological polar surface area (TPSA) is 254 Å². The monoisotopic (exact) mass is 558 g/mol. The minimum absolute atomic E-state index is 0.0305. The van der Waals surface area contributed by atoms with Gasteiger partial charge in [-0.3, -0.25) is 28.8 Å². The number of hydrogen-bond acceptors (Lipinski definition) is 7. The highest BCUT2D eigenvalue weighted by Gasteiger charge is 2.31. The van der Waals surface area contributed by atoms with E-state index in [1.54, 1.807) is 41.5 Å². The number of nitrogens with two attached hydrogens (primary N) is 1. The van der Waals surface area contributed by atoms with Crippen LogP contribution >= 0.6 is 0 Å². The van der Waals surface area contributed by atoms with Gasteiger partial charge in [0.05, 0.1) is 13.1 Å². The molecule has 0 radical (unpaired) electrons. The molecular formula is C24H44N7O8+. The van der Waals surface area contributed by atoms with E-state index in [0.29, 0.717) is 0 Å². The zero-order chi connectivity index (χ0) is 30.4. The van der Waals surface area contributed by atoms with E-state index in [9.17, 15) is 38.7 Å². The van der Waals surface area contributed by atoms with E-state index >= 15 is 0 Å². The fraction of sp³-hybridized carbons (Fsp3) is 0.708. The maximum absolute atomic E-state index is 12.6. The highest BCUT2D eigenvalue weighted by Crippen LogP contribution is 2.07. The number of carbonyl (C=O) groups is 7. The van der Waals surface area contributed by atoms with Crippen LogP contribution < -0.4 is 38.1 Å². The molecule has 0 saturated carbocycles. The highest BCUT2D eigenvalue weighted by molar-refractivity contribution is 5.94. The number of primary amides is 1. The zero-order valence-electron chi connectivity index (χ0n) is 23.5. The summed E-state index contributed by atoms with van der Waals surface area (Å²) in [4.78, 5) is 84.3. The van der Waals surface area contributed by atoms with E-state index in [1.807, 2.05) is 0 Å². The van der Waals surface area contributed by atoms with Crippen molar-refractivity contribution >= 4 is 41.4 Å². The van der Waals surface area contributed by atoms with Crippen LogP contribution in [0.4, 0.5) is 0 Å². The van der Waals surface area contributed by atoms with Gasteiger partial charge >= 0.3 is 5.97 Å². The summed E-state index contributed by atoms with van der Waals surface area (Å²) in [5.74, 6) is -6.08. The summed E-state index contributed by atoms with van der Waals surface area (Å²) in [5.41, 5.74) is 8.74. The van der Waals surface area contributed by atoms with Crippen molar-refractivity contribution in [1.29, 1.82) is 0 Å². The second-order valence-electron chi connectivity index (χ2n) is 10.3. The van der Waals surface area contributed by atoms with Crippen molar-refractivity contribution in [3.05, 3.63) is 0 Å². The SMILES string of the molecule is CC(C)[C@H](NC(=O)[C@@H](NC(=O)CNC(=O)CNC(=O)[C@@H](NC(=O)[C@@H]([NH3+])CCC(N)=O)C(C)C)C(C)C)C(=O)O. The van der Waals surface area contributed by atoms with Gasteiger partial charge in [0.1, 0.15) is 18.1 Å². The summed E-state index contributed by atoms with van der Waals surface area (Å²) in [6, 6.07) is -3.94. The zero-order valence-corrected chi connectivity index (χ0v) is 23.5. The Bertz CT molecular complexity index is 907. The lowest BCUT2D eigenvalue weighted by atomic mass is 10.0. The summed E-state index contributed by atoms with van der Waals surface area (Å²) in [5, 5.41) is 21.4. The Labute approximate surface area is 227 Å². The predicted octanol–water partition coefficient (Wildman–Crippen LogP) is -3.40. The van der Waals surface area contributed by atoms with Crippen LogP contribution in [0.1, 0.15) is 54.4 Å². The van der Waals surface area contributed by atoms with Crippen LogP contribution in [-0.2, 0) is 33.6 Å². The van der Waals surface area contributed by atoms with Gasteiger partial charge in [-0.2, -0.15) is 0 Å². The Hall–Kier alpha value is -3.75. The molecule has 39 heavy (non-hydrogen) atoms. The molecule has 15 heteroatoms. The van der Waals surface area contributed by atoms with Crippen molar-refractivity contribution in [3.8, 4) is 0 Å². The van der Waals surface area contributed by atoms with E-state index in [-0.39, 0.29) is 30.6 Å². The van der Waals surface area contributed by atoms with E-state index < -0.39 is 78.7 Å². The van der Waals surface area contributed by atoms with Gasteiger partial charge in [-0.15, -0.1) is 0 Å². The molecule has 6 amide bonds. The number of rotatable bonds is 17. The Kier molecular flexibility index (Phi) is 15.3. The molecule has 0 heterocycles.